The molecule has 0 saturated carbocycles. The van der Waals surface area contributed by atoms with E-state index in [2.05, 4.69) is 17.2 Å². The normalized spacial score (nSPS) is 12.1. The lowest BCUT2D eigenvalue weighted by atomic mass is 10.1. The molecule has 0 fully saturated rings. The zero-order chi connectivity index (χ0) is 13.7. The summed E-state index contributed by atoms with van der Waals surface area (Å²) in [6.45, 7) is 2.11. The van der Waals surface area contributed by atoms with Gasteiger partial charge in [-0.25, -0.2) is 0 Å². The number of nitrogens with zero attached hydrogens (tertiary/aromatic N) is 1. The Bertz CT molecular complexity index is 539. The highest BCUT2D eigenvalue weighted by atomic mass is 32.1. The van der Waals surface area contributed by atoms with Crippen LogP contribution in [0.3, 0.4) is 0 Å². The molecule has 100 valence electrons. The van der Waals surface area contributed by atoms with Gasteiger partial charge in [-0.1, -0.05) is 12.2 Å². The number of anilines is 1. The molecular weight excluding hydrogens is 258 g/mol. The monoisotopic (exact) mass is 275 g/mol. The lowest BCUT2D eigenvalue weighted by molar-refractivity contribution is 0.495. The van der Waals surface area contributed by atoms with Crippen molar-refractivity contribution in [1.29, 1.82) is 0 Å². The molecule has 1 unspecified atom stereocenters. The first kappa shape index (κ1) is 13.5. The van der Waals surface area contributed by atoms with Crippen LogP contribution in [0, 0.1) is 0 Å². The Labute approximate surface area is 118 Å². The van der Waals surface area contributed by atoms with Crippen molar-refractivity contribution in [1.82, 2.24) is 4.98 Å². The van der Waals surface area contributed by atoms with Crippen LogP contribution in [0.4, 0.5) is 5.69 Å². The summed E-state index contributed by atoms with van der Waals surface area (Å²) in [6, 6.07) is 7.97. The molecule has 0 aromatic carbocycles. The minimum atomic E-state index is 0.280. The van der Waals surface area contributed by atoms with E-state index in [1.165, 1.54) is 0 Å². The fourth-order valence-electron chi connectivity index (χ4n) is 1.87. The third-order valence-electron chi connectivity index (χ3n) is 2.85. The van der Waals surface area contributed by atoms with Crippen LogP contribution in [-0.2, 0) is 6.42 Å². The zero-order valence-electron chi connectivity index (χ0n) is 10.8. The van der Waals surface area contributed by atoms with Crippen LogP contribution in [-0.4, -0.2) is 16.0 Å². The van der Waals surface area contributed by atoms with Gasteiger partial charge in [-0.2, -0.15) is 0 Å². The van der Waals surface area contributed by atoms with E-state index in [4.69, 9.17) is 22.4 Å². The van der Waals surface area contributed by atoms with E-state index >= 15 is 0 Å². The summed E-state index contributed by atoms with van der Waals surface area (Å²) in [6.07, 6.45) is 5.23. The molecule has 2 heterocycles. The molecule has 0 radical (unpaired) electrons. The van der Waals surface area contributed by atoms with Crippen LogP contribution in [0.2, 0.25) is 0 Å². The van der Waals surface area contributed by atoms with Gasteiger partial charge in [0, 0.05) is 18.7 Å². The first-order chi connectivity index (χ1) is 9.16. The molecule has 19 heavy (non-hydrogen) atoms. The lowest BCUT2D eigenvalue weighted by Crippen LogP contribution is -2.20. The van der Waals surface area contributed by atoms with Crippen molar-refractivity contribution in [2.45, 2.75) is 25.8 Å². The van der Waals surface area contributed by atoms with E-state index < -0.39 is 0 Å². The predicted molar refractivity (Wildman–Crippen MR) is 80.2 cm³/mol. The summed E-state index contributed by atoms with van der Waals surface area (Å²) in [7, 11) is 0. The van der Waals surface area contributed by atoms with Gasteiger partial charge < -0.3 is 15.5 Å². The zero-order valence-corrected chi connectivity index (χ0v) is 11.6. The number of nitrogens with two attached hydrogens (primary N) is 1. The van der Waals surface area contributed by atoms with Crippen molar-refractivity contribution in [3.8, 4) is 0 Å². The predicted octanol–water partition coefficient (Wildman–Crippen LogP) is 2.74. The molecule has 4 nitrogen and oxygen atoms in total. The summed E-state index contributed by atoms with van der Waals surface area (Å²) in [5.41, 5.74) is 7.17. The van der Waals surface area contributed by atoms with E-state index in [0.29, 0.717) is 10.7 Å². The minimum absolute atomic E-state index is 0.280. The number of furan rings is 1. The number of aromatic nitrogens is 1. The molecule has 3 N–H and O–H groups in total. The Morgan fingerprint density at radius 3 is 3.00 bits per heavy atom. The minimum Gasteiger partial charge on any atom is -0.469 e. The summed E-state index contributed by atoms with van der Waals surface area (Å²) < 4.78 is 5.32. The Kier molecular flexibility index (Phi) is 4.52. The Morgan fingerprint density at radius 2 is 2.32 bits per heavy atom. The lowest BCUT2D eigenvalue weighted by Gasteiger charge is -2.16. The Balaban J connectivity index is 1.95. The van der Waals surface area contributed by atoms with Gasteiger partial charge in [-0.3, -0.25) is 4.98 Å². The molecular formula is C14H17N3OS. The number of hydrogen-bond acceptors (Lipinski definition) is 4. The van der Waals surface area contributed by atoms with Crippen molar-refractivity contribution in [3.05, 3.63) is 48.2 Å². The van der Waals surface area contributed by atoms with E-state index in [0.717, 1.165) is 24.3 Å². The van der Waals surface area contributed by atoms with Crippen LogP contribution in [0.25, 0.3) is 0 Å². The highest BCUT2D eigenvalue weighted by Crippen LogP contribution is 2.15. The maximum Gasteiger partial charge on any atom is 0.124 e. The molecule has 5 heteroatoms. The number of aryl methyl sites for hydroxylation is 1. The molecule has 0 aliphatic carbocycles. The van der Waals surface area contributed by atoms with E-state index in [1.54, 1.807) is 12.5 Å². The van der Waals surface area contributed by atoms with Crippen molar-refractivity contribution in [2.24, 2.45) is 5.73 Å². The largest absolute Gasteiger partial charge is 0.469 e. The van der Waals surface area contributed by atoms with Crippen LogP contribution in [0.5, 0.6) is 0 Å². The number of thiocarbonyl (C=S) groups is 1. The van der Waals surface area contributed by atoms with Crippen LogP contribution < -0.4 is 11.1 Å². The van der Waals surface area contributed by atoms with Gasteiger partial charge >= 0.3 is 0 Å². The summed E-state index contributed by atoms with van der Waals surface area (Å²) in [5.74, 6) is 0.995. The highest BCUT2D eigenvalue weighted by Gasteiger charge is 2.09. The fraction of sp³-hybridized carbons (Fsp3) is 0.286. The van der Waals surface area contributed by atoms with Gasteiger partial charge in [0.1, 0.15) is 16.4 Å². The van der Waals surface area contributed by atoms with Crippen molar-refractivity contribution < 1.29 is 4.42 Å². The van der Waals surface area contributed by atoms with Gasteiger partial charge in [-0.05, 0) is 37.6 Å². The second kappa shape index (κ2) is 6.33. The first-order valence-corrected chi connectivity index (χ1v) is 6.61. The molecule has 0 saturated heterocycles. The van der Waals surface area contributed by atoms with Crippen LogP contribution in [0.1, 0.15) is 24.8 Å². The number of hydrogen-bond donors (Lipinski definition) is 2. The Morgan fingerprint density at radius 1 is 1.47 bits per heavy atom. The molecule has 2 aromatic rings. The standard InChI is InChI=1S/C14H17N3OS/c1-10(6-7-11-4-3-9-18-11)17-12-5-2-8-16-13(12)14(15)19/h2-5,8-10,17H,6-7H2,1H3,(H2,15,19). The van der Waals surface area contributed by atoms with E-state index in [-0.39, 0.29) is 6.04 Å². The summed E-state index contributed by atoms with van der Waals surface area (Å²) in [4.78, 5) is 4.50. The topological polar surface area (TPSA) is 64.1 Å². The molecule has 0 aliphatic heterocycles. The van der Waals surface area contributed by atoms with Crippen molar-refractivity contribution in [2.75, 3.05) is 5.32 Å². The molecule has 0 spiro atoms. The van der Waals surface area contributed by atoms with Crippen molar-refractivity contribution in [3.63, 3.8) is 0 Å². The maximum atomic E-state index is 5.66. The molecule has 2 aromatic heterocycles. The van der Waals surface area contributed by atoms with Crippen LogP contribution >= 0.6 is 12.2 Å². The van der Waals surface area contributed by atoms with E-state index in [9.17, 15) is 0 Å². The number of rotatable bonds is 6. The van der Waals surface area contributed by atoms with E-state index in [1.807, 2.05) is 24.3 Å². The first-order valence-electron chi connectivity index (χ1n) is 6.20. The number of nitrogens with one attached hydrogen (secondary N) is 1. The second-order valence-electron chi connectivity index (χ2n) is 4.43. The van der Waals surface area contributed by atoms with Gasteiger partial charge in [0.05, 0.1) is 12.0 Å². The molecule has 2 rings (SSSR count). The third kappa shape index (κ3) is 3.79. The van der Waals surface area contributed by atoms with Gasteiger partial charge in [0.15, 0.2) is 0 Å². The average molecular weight is 275 g/mol. The SMILES string of the molecule is CC(CCc1ccco1)Nc1cccnc1C(N)=S. The van der Waals surface area contributed by atoms with Gasteiger partial charge in [0.2, 0.25) is 0 Å². The molecule has 0 aliphatic rings. The van der Waals surface area contributed by atoms with Crippen molar-refractivity contribution >= 4 is 22.9 Å². The Hall–Kier alpha value is -1.88. The smallest absolute Gasteiger partial charge is 0.124 e. The highest BCUT2D eigenvalue weighted by molar-refractivity contribution is 7.80. The quantitative estimate of drug-likeness (QED) is 0.794. The molecule has 0 bridgehead atoms. The van der Waals surface area contributed by atoms with Gasteiger partial charge in [0.25, 0.3) is 0 Å². The maximum absolute atomic E-state index is 5.66. The van der Waals surface area contributed by atoms with Gasteiger partial charge in [-0.15, -0.1) is 0 Å². The molecule has 0 amide bonds. The average Bonchev–Trinajstić information content (AvgIpc) is 2.90. The summed E-state index contributed by atoms with van der Waals surface area (Å²) >= 11 is 4.99. The second-order valence-corrected chi connectivity index (χ2v) is 4.87. The third-order valence-corrected chi connectivity index (χ3v) is 3.04. The molecule has 1 atom stereocenters. The van der Waals surface area contributed by atoms with Crippen LogP contribution in [0.15, 0.2) is 41.1 Å². The summed E-state index contributed by atoms with van der Waals surface area (Å²) in [5, 5.41) is 3.38. The fourth-order valence-corrected chi connectivity index (χ4v) is 2.03. The number of pyridine rings is 1.